The van der Waals surface area contributed by atoms with Gasteiger partial charge in [-0.25, -0.2) is 4.39 Å². The van der Waals surface area contributed by atoms with Crippen LogP contribution in [0, 0.1) is 12.7 Å². The highest BCUT2D eigenvalue weighted by Crippen LogP contribution is 2.36. The van der Waals surface area contributed by atoms with E-state index in [2.05, 4.69) is 6.92 Å². The maximum Gasteiger partial charge on any atom is 0.165 e. The Labute approximate surface area is 110 Å². The highest BCUT2D eigenvalue weighted by Gasteiger charge is 2.23. The first-order valence-electron chi connectivity index (χ1n) is 5.71. The van der Waals surface area contributed by atoms with Gasteiger partial charge >= 0.3 is 0 Å². The van der Waals surface area contributed by atoms with Gasteiger partial charge in [0.15, 0.2) is 11.6 Å². The zero-order valence-electron chi connectivity index (χ0n) is 9.62. The van der Waals surface area contributed by atoms with Crippen molar-refractivity contribution in [1.82, 2.24) is 0 Å². The van der Waals surface area contributed by atoms with E-state index in [0.29, 0.717) is 17.2 Å². The van der Waals surface area contributed by atoms with Crippen molar-refractivity contribution in [2.75, 3.05) is 0 Å². The van der Waals surface area contributed by atoms with Crippen LogP contribution < -0.4 is 4.74 Å². The van der Waals surface area contributed by atoms with Crippen molar-refractivity contribution in [3.63, 3.8) is 0 Å². The maximum absolute atomic E-state index is 13.9. The topological polar surface area (TPSA) is 9.23 Å². The predicted octanol–water partition coefficient (Wildman–Crippen LogP) is 4.28. The molecular formula is C15H11ClFO. The molecule has 2 aromatic carbocycles. The van der Waals surface area contributed by atoms with E-state index in [-0.39, 0.29) is 11.9 Å². The number of benzene rings is 2. The van der Waals surface area contributed by atoms with Gasteiger partial charge in [0.1, 0.15) is 6.10 Å². The van der Waals surface area contributed by atoms with E-state index in [4.69, 9.17) is 16.3 Å². The summed E-state index contributed by atoms with van der Waals surface area (Å²) in [4.78, 5) is 0. The molecule has 1 radical (unpaired) electrons. The first-order chi connectivity index (χ1) is 8.63. The lowest BCUT2D eigenvalue weighted by molar-refractivity contribution is 0.269. The molecule has 1 heterocycles. The molecule has 0 saturated carbocycles. The monoisotopic (exact) mass is 261 g/mol. The van der Waals surface area contributed by atoms with Crippen LogP contribution in [0.1, 0.15) is 5.56 Å². The molecule has 1 unspecified atom stereocenters. The lowest BCUT2D eigenvalue weighted by Gasteiger charge is -2.07. The van der Waals surface area contributed by atoms with Gasteiger partial charge in [0, 0.05) is 17.0 Å². The molecular weight excluding hydrogens is 251 g/mol. The third kappa shape index (κ3) is 1.97. The van der Waals surface area contributed by atoms with Crippen molar-refractivity contribution >= 4 is 11.6 Å². The fraction of sp³-hybridized carbons (Fsp3) is 0.133. The predicted molar refractivity (Wildman–Crippen MR) is 70.3 cm³/mol. The number of hydrogen-bond donors (Lipinski definition) is 0. The van der Waals surface area contributed by atoms with Gasteiger partial charge in [-0.15, -0.1) is 0 Å². The SMILES string of the molecule is [CH2]C1Cc2cc(-c3cccc(Cl)c3)cc(F)c2O1. The van der Waals surface area contributed by atoms with Crippen molar-refractivity contribution in [3.05, 3.63) is 59.7 Å². The summed E-state index contributed by atoms with van der Waals surface area (Å²) >= 11 is 5.95. The summed E-state index contributed by atoms with van der Waals surface area (Å²) in [7, 11) is 0. The molecule has 1 nitrogen and oxygen atoms in total. The zero-order chi connectivity index (χ0) is 12.7. The van der Waals surface area contributed by atoms with E-state index in [1.807, 2.05) is 24.3 Å². The van der Waals surface area contributed by atoms with Crippen LogP contribution in [0.3, 0.4) is 0 Å². The summed E-state index contributed by atoms with van der Waals surface area (Å²) in [5.74, 6) is -0.00518. The van der Waals surface area contributed by atoms with Gasteiger partial charge in [-0.05, 0) is 42.3 Å². The number of ether oxygens (including phenoxy) is 1. The van der Waals surface area contributed by atoms with Crippen LogP contribution >= 0.6 is 11.6 Å². The largest absolute Gasteiger partial charge is 0.487 e. The second-order valence-corrected chi connectivity index (χ2v) is 4.84. The molecule has 1 atom stereocenters. The molecule has 0 bridgehead atoms. The molecule has 0 fully saturated rings. The first-order valence-corrected chi connectivity index (χ1v) is 6.09. The Morgan fingerprint density at radius 3 is 2.83 bits per heavy atom. The second kappa shape index (κ2) is 4.29. The van der Waals surface area contributed by atoms with E-state index in [0.717, 1.165) is 16.7 Å². The van der Waals surface area contributed by atoms with Crippen LogP contribution in [0.5, 0.6) is 5.75 Å². The number of hydrogen-bond acceptors (Lipinski definition) is 1. The van der Waals surface area contributed by atoms with Crippen molar-refractivity contribution in [2.24, 2.45) is 0 Å². The lowest BCUT2D eigenvalue weighted by atomic mass is 10.0. The Kier molecular flexibility index (Phi) is 2.75. The summed E-state index contributed by atoms with van der Waals surface area (Å²) in [6.07, 6.45) is 0.435. The Morgan fingerprint density at radius 1 is 1.22 bits per heavy atom. The minimum atomic E-state index is -0.339. The van der Waals surface area contributed by atoms with Crippen LogP contribution in [0.25, 0.3) is 11.1 Å². The van der Waals surface area contributed by atoms with Crippen molar-refractivity contribution in [3.8, 4) is 16.9 Å². The Morgan fingerprint density at radius 2 is 2.06 bits per heavy atom. The van der Waals surface area contributed by atoms with Gasteiger partial charge in [0.25, 0.3) is 0 Å². The third-order valence-electron chi connectivity index (χ3n) is 3.01. The highest BCUT2D eigenvalue weighted by molar-refractivity contribution is 6.30. The van der Waals surface area contributed by atoms with Crippen LogP contribution in [0.2, 0.25) is 5.02 Å². The molecule has 1 aliphatic heterocycles. The fourth-order valence-corrected chi connectivity index (χ4v) is 2.41. The molecule has 1 aliphatic rings. The molecule has 0 N–H and O–H groups in total. The highest BCUT2D eigenvalue weighted by atomic mass is 35.5. The number of halogens is 2. The lowest BCUT2D eigenvalue weighted by Crippen LogP contribution is -2.06. The second-order valence-electron chi connectivity index (χ2n) is 4.40. The summed E-state index contributed by atoms with van der Waals surface area (Å²) in [6, 6.07) is 10.8. The summed E-state index contributed by atoms with van der Waals surface area (Å²) in [5.41, 5.74) is 2.58. The molecule has 3 rings (SSSR count). The van der Waals surface area contributed by atoms with E-state index in [1.54, 1.807) is 6.07 Å². The summed E-state index contributed by atoms with van der Waals surface area (Å²) < 4.78 is 19.3. The molecule has 18 heavy (non-hydrogen) atoms. The van der Waals surface area contributed by atoms with E-state index < -0.39 is 0 Å². The zero-order valence-corrected chi connectivity index (χ0v) is 10.4. The molecule has 0 aliphatic carbocycles. The normalized spacial score (nSPS) is 17.4. The molecule has 0 saturated heterocycles. The minimum absolute atomic E-state index is 0.205. The van der Waals surface area contributed by atoms with E-state index in [9.17, 15) is 4.39 Å². The van der Waals surface area contributed by atoms with E-state index >= 15 is 0 Å². The Balaban J connectivity index is 2.10. The fourth-order valence-electron chi connectivity index (χ4n) is 2.22. The molecule has 0 amide bonds. The van der Waals surface area contributed by atoms with Gasteiger partial charge in [-0.2, -0.15) is 0 Å². The van der Waals surface area contributed by atoms with Gasteiger partial charge in [-0.1, -0.05) is 23.7 Å². The number of fused-ring (bicyclic) bond motifs is 1. The Bertz CT molecular complexity index is 609. The van der Waals surface area contributed by atoms with Gasteiger partial charge < -0.3 is 4.74 Å². The smallest absolute Gasteiger partial charge is 0.165 e. The van der Waals surface area contributed by atoms with Crippen LogP contribution in [-0.4, -0.2) is 6.10 Å². The average Bonchev–Trinajstić information content (AvgIpc) is 2.70. The van der Waals surface area contributed by atoms with Crippen LogP contribution in [-0.2, 0) is 6.42 Å². The summed E-state index contributed by atoms with van der Waals surface area (Å²) in [6.45, 7) is 3.80. The quantitative estimate of drug-likeness (QED) is 0.744. The maximum atomic E-state index is 13.9. The minimum Gasteiger partial charge on any atom is -0.487 e. The number of rotatable bonds is 1. The van der Waals surface area contributed by atoms with Gasteiger partial charge in [0.05, 0.1) is 0 Å². The summed E-state index contributed by atoms with van der Waals surface area (Å²) in [5, 5.41) is 0.639. The average molecular weight is 262 g/mol. The molecule has 91 valence electrons. The molecule has 0 aromatic heterocycles. The van der Waals surface area contributed by atoms with Crippen LogP contribution in [0.4, 0.5) is 4.39 Å². The van der Waals surface area contributed by atoms with Crippen molar-refractivity contribution < 1.29 is 9.13 Å². The van der Waals surface area contributed by atoms with Gasteiger partial charge in [-0.3, -0.25) is 0 Å². The first kappa shape index (κ1) is 11.5. The molecule has 2 aromatic rings. The standard InChI is InChI=1S/C15H11ClFO/c1-9-5-12-6-11(8-14(17)15(12)18-9)10-3-2-4-13(16)7-10/h2-4,6-9H,1,5H2. The molecule has 0 spiro atoms. The van der Waals surface area contributed by atoms with Crippen LogP contribution in [0.15, 0.2) is 36.4 Å². The third-order valence-corrected chi connectivity index (χ3v) is 3.25. The van der Waals surface area contributed by atoms with Gasteiger partial charge in [0.2, 0.25) is 0 Å². The molecule has 3 heteroatoms. The van der Waals surface area contributed by atoms with Crippen molar-refractivity contribution in [1.29, 1.82) is 0 Å². The Hall–Kier alpha value is -1.54. The van der Waals surface area contributed by atoms with E-state index in [1.165, 1.54) is 6.07 Å². The van der Waals surface area contributed by atoms with Crippen molar-refractivity contribution in [2.45, 2.75) is 12.5 Å².